The maximum Gasteiger partial charge on any atom is 0.223 e. The second kappa shape index (κ2) is 7.58. The zero-order valence-electron chi connectivity index (χ0n) is 16.6. The second-order valence-electron chi connectivity index (χ2n) is 7.34. The van der Waals surface area contributed by atoms with Crippen molar-refractivity contribution >= 4 is 5.91 Å². The number of amides is 1. The topological polar surface area (TPSA) is 77.1 Å². The molecule has 146 valence electrons. The average Bonchev–Trinajstić information content (AvgIpc) is 3.22. The second-order valence-corrected chi connectivity index (χ2v) is 7.34. The van der Waals surface area contributed by atoms with Gasteiger partial charge in [0, 0.05) is 24.9 Å². The third-order valence-electron chi connectivity index (χ3n) is 5.40. The van der Waals surface area contributed by atoms with E-state index in [2.05, 4.69) is 27.4 Å². The van der Waals surface area contributed by atoms with E-state index in [1.54, 1.807) is 0 Å². The van der Waals surface area contributed by atoms with E-state index in [4.69, 9.17) is 4.52 Å². The quantitative estimate of drug-likeness (QED) is 0.681. The SMILES string of the molecule is Cc1nc2n(n1)CCN(C(=O)CCc1c(C)noc1C)[C@H]2Cc1ccccc1. The van der Waals surface area contributed by atoms with Crippen molar-refractivity contribution in [3.05, 3.63) is 64.6 Å². The molecule has 1 atom stereocenters. The van der Waals surface area contributed by atoms with Crippen LogP contribution in [-0.2, 0) is 24.2 Å². The molecule has 3 aromatic rings. The highest BCUT2D eigenvalue weighted by molar-refractivity contribution is 5.77. The van der Waals surface area contributed by atoms with Gasteiger partial charge in [-0.05, 0) is 32.8 Å². The van der Waals surface area contributed by atoms with E-state index < -0.39 is 0 Å². The molecule has 0 radical (unpaired) electrons. The minimum atomic E-state index is -0.102. The first-order chi connectivity index (χ1) is 13.5. The predicted octanol–water partition coefficient (Wildman–Crippen LogP) is 2.95. The van der Waals surface area contributed by atoms with Gasteiger partial charge in [-0.2, -0.15) is 5.10 Å². The Balaban J connectivity index is 1.56. The lowest BCUT2D eigenvalue weighted by Gasteiger charge is -2.35. The number of carbonyl (C=O) groups is 1. The standard InChI is InChI=1S/C21H25N5O2/c1-14-18(15(2)28-24-14)9-10-20(27)25-11-12-26-21(22-16(3)23-26)19(25)13-17-7-5-4-6-8-17/h4-8,19H,9-13H2,1-3H3/t19-/m0/s1. The summed E-state index contributed by atoms with van der Waals surface area (Å²) >= 11 is 0. The number of hydrogen-bond donors (Lipinski definition) is 0. The molecule has 3 heterocycles. The maximum atomic E-state index is 13.2. The molecule has 7 nitrogen and oxygen atoms in total. The Morgan fingerprint density at radius 3 is 2.68 bits per heavy atom. The molecule has 1 amide bonds. The Morgan fingerprint density at radius 1 is 1.18 bits per heavy atom. The van der Waals surface area contributed by atoms with Gasteiger partial charge in [-0.3, -0.25) is 4.79 Å². The summed E-state index contributed by atoms with van der Waals surface area (Å²) in [5.74, 6) is 2.55. The molecular weight excluding hydrogens is 354 g/mol. The Hall–Kier alpha value is -2.96. The molecule has 0 saturated heterocycles. The lowest BCUT2D eigenvalue weighted by molar-refractivity contribution is -0.135. The van der Waals surface area contributed by atoms with Crippen LogP contribution in [0.1, 0.15) is 46.7 Å². The number of nitrogens with zero attached hydrogens (tertiary/aromatic N) is 5. The van der Waals surface area contributed by atoms with Crippen LogP contribution in [0, 0.1) is 20.8 Å². The zero-order valence-corrected chi connectivity index (χ0v) is 16.6. The van der Waals surface area contributed by atoms with Crippen LogP contribution in [0.4, 0.5) is 0 Å². The Labute approximate surface area is 164 Å². The van der Waals surface area contributed by atoms with Crippen molar-refractivity contribution < 1.29 is 9.32 Å². The first-order valence-electron chi connectivity index (χ1n) is 9.69. The van der Waals surface area contributed by atoms with Crippen LogP contribution in [0.5, 0.6) is 0 Å². The van der Waals surface area contributed by atoms with Gasteiger partial charge in [0.05, 0.1) is 18.3 Å². The fourth-order valence-electron chi connectivity index (χ4n) is 3.95. The lowest BCUT2D eigenvalue weighted by Crippen LogP contribution is -2.43. The number of hydrogen-bond acceptors (Lipinski definition) is 5. The zero-order chi connectivity index (χ0) is 19.7. The summed E-state index contributed by atoms with van der Waals surface area (Å²) in [5.41, 5.74) is 3.08. The van der Waals surface area contributed by atoms with Crippen LogP contribution in [-0.4, -0.2) is 37.3 Å². The normalized spacial score (nSPS) is 16.2. The summed E-state index contributed by atoms with van der Waals surface area (Å²) in [7, 11) is 0. The van der Waals surface area contributed by atoms with Crippen LogP contribution >= 0.6 is 0 Å². The van der Waals surface area contributed by atoms with Crippen molar-refractivity contribution in [1.29, 1.82) is 0 Å². The van der Waals surface area contributed by atoms with Crippen LogP contribution in [0.15, 0.2) is 34.9 Å². The van der Waals surface area contributed by atoms with Crippen molar-refractivity contribution in [2.75, 3.05) is 6.54 Å². The smallest absolute Gasteiger partial charge is 0.223 e. The number of aromatic nitrogens is 4. The minimum absolute atomic E-state index is 0.102. The van der Waals surface area contributed by atoms with Crippen LogP contribution in [0.2, 0.25) is 0 Å². The molecule has 7 heteroatoms. The molecule has 1 aliphatic rings. The molecule has 0 bridgehead atoms. The lowest BCUT2D eigenvalue weighted by atomic mass is 10.0. The van der Waals surface area contributed by atoms with Crippen LogP contribution in [0.25, 0.3) is 0 Å². The summed E-state index contributed by atoms with van der Waals surface area (Å²) in [4.78, 5) is 19.8. The molecule has 0 N–H and O–H groups in total. The van der Waals surface area contributed by atoms with Gasteiger partial charge < -0.3 is 9.42 Å². The maximum absolute atomic E-state index is 13.2. The summed E-state index contributed by atoms with van der Waals surface area (Å²) < 4.78 is 7.17. The largest absolute Gasteiger partial charge is 0.361 e. The molecule has 0 fully saturated rings. The van der Waals surface area contributed by atoms with Gasteiger partial charge >= 0.3 is 0 Å². The fourth-order valence-corrected chi connectivity index (χ4v) is 3.95. The summed E-state index contributed by atoms with van der Waals surface area (Å²) in [6, 6.07) is 10.1. The van der Waals surface area contributed by atoms with Crippen molar-refractivity contribution in [3.8, 4) is 0 Å². The van der Waals surface area contributed by atoms with Gasteiger partial charge in [0.15, 0.2) is 0 Å². The van der Waals surface area contributed by atoms with Gasteiger partial charge in [-0.1, -0.05) is 35.5 Å². The van der Waals surface area contributed by atoms with E-state index >= 15 is 0 Å². The first kappa shape index (κ1) is 18.4. The monoisotopic (exact) mass is 379 g/mol. The fraction of sp³-hybridized carbons (Fsp3) is 0.429. The van der Waals surface area contributed by atoms with Gasteiger partial charge in [-0.15, -0.1) is 0 Å². The molecule has 2 aromatic heterocycles. The minimum Gasteiger partial charge on any atom is -0.361 e. The van der Waals surface area contributed by atoms with Gasteiger partial charge in [0.2, 0.25) is 5.91 Å². The predicted molar refractivity (Wildman–Crippen MR) is 104 cm³/mol. The summed E-state index contributed by atoms with van der Waals surface area (Å²) in [6.07, 6.45) is 1.80. The van der Waals surface area contributed by atoms with Gasteiger partial charge in [0.25, 0.3) is 0 Å². The highest BCUT2D eigenvalue weighted by Gasteiger charge is 2.33. The molecule has 28 heavy (non-hydrogen) atoms. The molecule has 0 unspecified atom stereocenters. The van der Waals surface area contributed by atoms with Gasteiger partial charge in [0.1, 0.15) is 17.4 Å². The highest BCUT2D eigenvalue weighted by atomic mass is 16.5. The van der Waals surface area contributed by atoms with E-state index in [1.807, 2.05) is 48.6 Å². The number of benzene rings is 1. The third kappa shape index (κ3) is 3.56. The molecule has 4 rings (SSSR count). The van der Waals surface area contributed by atoms with Crippen LogP contribution < -0.4 is 0 Å². The van der Waals surface area contributed by atoms with E-state index in [0.29, 0.717) is 25.9 Å². The molecule has 0 saturated carbocycles. The summed E-state index contributed by atoms with van der Waals surface area (Å²) in [5, 5.41) is 8.48. The first-order valence-corrected chi connectivity index (χ1v) is 9.69. The molecule has 0 spiro atoms. The van der Waals surface area contributed by atoms with E-state index in [0.717, 1.165) is 35.1 Å². The Kier molecular flexibility index (Phi) is 4.98. The Bertz CT molecular complexity index is 957. The molecule has 1 aromatic carbocycles. The number of rotatable bonds is 5. The summed E-state index contributed by atoms with van der Waals surface area (Å²) in [6.45, 7) is 7.03. The number of carbonyl (C=O) groups excluding carboxylic acids is 1. The van der Waals surface area contributed by atoms with E-state index in [-0.39, 0.29) is 11.9 Å². The molecule has 0 aliphatic carbocycles. The van der Waals surface area contributed by atoms with E-state index in [9.17, 15) is 4.79 Å². The van der Waals surface area contributed by atoms with Gasteiger partial charge in [-0.25, -0.2) is 9.67 Å². The van der Waals surface area contributed by atoms with E-state index in [1.165, 1.54) is 5.56 Å². The van der Waals surface area contributed by atoms with Crippen LogP contribution in [0.3, 0.4) is 0 Å². The van der Waals surface area contributed by atoms with Crippen molar-refractivity contribution in [2.45, 2.75) is 52.6 Å². The number of fused-ring (bicyclic) bond motifs is 1. The van der Waals surface area contributed by atoms with Crippen molar-refractivity contribution in [2.24, 2.45) is 0 Å². The third-order valence-corrected chi connectivity index (χ3v) is 5.40. The molecule has 1 aliphatic heterocycles. The Morgan fingerprint density at radius 2 is 1.96 bits per heavy atom. The highest BCUT2D eigenvalue weighted by Crippen LogP contribution is 2.29. The number of aryl methyl sites for hydroxylation is 3. The average molecular weight is 379 g/mol. The van der Waals surface area contributed by atoms with Crippen molar-refractivity contribution in [1.82, 2.24) is 24.8 Å². The van der Waals surface area contributed by atoms with Crippen molar-refractivity contribution in [3.63, 3.8) is 0 Å². The molecular formula is C21H25N5O2.